The van der Waals surface area contributed by atoms with Crippen molar-refractivity contribution in [2.75, 3.05) is 19.0 Å². The molecule has 0 unspecified atom stereocenters. The van der Waals surface area contributed by atoms with Crippen LogP contribution in [0.5, 0.6) is 0 Å². The van der Waals surface area contributed by atoms with Crippen molar-refractivity contribution in [1.29, 1.82) is 0 Å². The zero-order valence-electron chi connectivity index (χ0n) is 12.2. The van der Waals surface area contributed by atoms with E-state index in [-0.39, 0.29) is 0 Å². The zero-order valence-corrected chi connectivity index (χ0v) is 12.2. The minimum atomic E-state index is 1.20. The molecule has 98 valence electrons. The Balaban J connectivity index is 2.71. The van der Waals surface area contributed by atoms with Crippen LogP contribution in [-0.2, 0) is 0 Å². The third kappa shape index (κ3) is 2.55. The summed E-state index contributed by atoms with van der Waals surface area (Å²) in [6, 6.07) is 13.0. The lowest BCUT2D eigenvalue weighted by Gasteiger charge is -2.21. The van der Waals surface area contributed by atoms with Gasteiger partial charge in [-0.2, -0.15) is 0 Å². The Hall–Kier alpha value is -2.02. The van der Waals surface area contributed by atoms with Crippen LogP contribution in [0.25, 0.3) is 17.2 Å². The molecule has 0 aromatic heterocycles. The Morgan fingerprint density at radius 3 is 2.11 bits per heavy atom. The van der Waals surface area contributed by atoms with Gasteiger partial charge >= 0.3 is 0 Å². The van der Waals surface area contributed by atoms with Crippen LogP contribution < -0.4 is 4.90 Å². The van der Waals surface area contributed by atoms with Gasteiger partial charge in [0.05, 0.1) is 0 Å². The quantitative estimate of drug-likeness (QED) is 0.765. The van der Waals surface area contributed by atoms with Gasteiger partial charge in [0.25, 0.3) is 0 Å². The number of hydrogen-bond acceptors (Lipinski definition) is 1. The van der Waals surface area contributed by atoms with Crippen molar-refractivity contribution in [3.05, 3.63) is 59.7 Å². The molecular weight excluding hydrogens is 230 g/mol. The highest BCUT2D eigenvalue weighted by atomic mass is 15.1. The molecule has 1 nitrogen and oxygen atoms in total. The summed E-state index contributed by atoms with van der Waals surface area (Å²) in [6.07, 6.45) is 1.92. The maximum Gasteiger partial charge on any atom is 0.0443 e. The van der Waals surface area contributed by atoms with E-state index in [4.69, 9.17) is 0 Å². The highest BCUT2D eigenvalue weighted by Crippen LogP contribution is 2.35. The Kier molecular flexibility index (Phi) is 3.75. The number of anilines is 1. The van der Waals surface area contributed by atoms with Crippen LogP contribution in [0.3, 0.4) is 0 Å². The van der Waals surface area contributed by atoms with Gasteiger partial charge in [-0.3, -0.25) is 0 Å². The second kappa shape index (κ2) is 5.31. The molecule has 1 heteroatoms. The molecular formula is C18H21N. The van der Waals surface area contributed by atoms with Gasteiger partial charge in [0.1, 0.15) is 0 Å². The Morgan fingerprint density at radius 2 is 1.58 bits per heavy atom. The molecule has 0 amide bonds. The zero-order chi connectivity index (χ0) is 14.0. The fourth-order valence-corrected chi connectivity index (χ4v) is 2.39. The second-order valence-electron chi connectivity index (χ2n) is 5.14. The molecule has 0 bridgehead atoms. The highest BCUT2D eigenvalue weighted by molar-refractivity contribution is 5.84. The minimum Gasteiger partial charge on any atom is -0.377 e. The molecule has 0 spiro atoms. The van der Waals surface area contributed by atoms with Gasteiger partial charge in [0, 0.05) is 25.3 Å². The fraction of sp³-hybridized carbons (Fsp3) is 0.222. The van der Waals surface area contributed by atoms with E-state index in [0.29, 0.717) is 0 Å². The van der Waals surface area contributed by atoms with Gasteiger partial charge in [-0.25, -0.2) is 0 Å². The lowest BCUT2D eigenvalue weighted by molar-refractivity contribution is 1.13. The molecule has 0 aliphatic rings. The van der Waals surface area contributed by atoms with Crippen LogP contribution in [0.1, 0.15) is 16.7 Å². The Bertz CT molecular complexity index is 592. The van der Waals surface area contributed by atoms with Crippen LogP contribution in [0.15, 0.2) is 43.0 Å². The molecule has 2 rings (SSSR count). The van der Waals surface area contributed by atoms with Gasteiger partial charge in [0.15, 0.2) is 0 Å². The van der Waals surface area contributed by atoms with Crippen molar-refractivity contribution in [2.24, 2.45) is 0 Å². The molecule has 0 aliphatic carbocycles. The molecule has 2 aromatic rings. The van der Waals surface area contributed by atoms with Crippen molar-refractivity contribution in [1.82, 2.24) is 0 Å². The molecule has 19 heavy (non-hydrogen) atoms. The predicted molar refractivity (Wildman–Crippen MR) is 85.8 cm³/mol. The van der Waals surface area contributed by atoms with E-state index in [0.717, 1.165) is 0 Å². The van der Waals surface area contributed by atoms with Crippen LogP contribution in [0.2, 0.25) is 0 Å². The molecule has 0 radical (unpaired) electrons. The van der Waals surface area contributed by atoms with E-state index >= 15 is 0 Å². The summed E-state index contributed by atoms with van der Waals surface area (Å²) in [4.78, 5) is 2.16. The molecule has 0 saturated heterocycles. The number of rotatable bonds is 3. The standard InChI is InChI=1S/C18H21N/c1-6-15-11-12-17(19(4)5)18(14(15)3)16-9-7-13(2)8-10-16/h6-12H,1H2,2-5H3. The first-order valence-corrected chi connectivity index (χ1v) is 6.55. The van der Waals surface area contributed by atoms with E-state index < -0.39 is 0 Å². The summed E-state index contributed by atoms with van der Waals surface area (Å²) < 4.78 is 0. The van der Waals surface area contributed by atoms with Crippen LogP contribution in [-0.4, -0.2) is 14.1 Å². The first-order chi connectivity index (χ1) is 9.04. The number of nitrogens with zero attached hydrogens (tertiary/aromatic N) is 1. The smallest absolute Gasteiger partial charge is 0.0443 e. The number of aryl methyl sites for hydroxylation is 1. The average Bonchev–Trinajstić information content (AvgIpc) is 2.39. The SMILES string of the molecule is C=Cc1ccc(N(C)C)c(-c2ccc(C)cc2)c1C. The van der Waals surface area contributed by atoms with Crippen LogP contribution >= 0.6 is 0 Å². The normalized spacial score (nSPS) is 10.3. The van der Waals surface area contributed by atoms with E-state index in [1.165, 1.54) is 33.5 Å². The molecule has 0 saturated carbocycles. The second-order valence-corrected chi connectivity index (χ2v) is 5.14. The Morgan fingerprint density at radius 1 is 0.947 bits per heavy atom. The van der Waals surface area contributed by atoms with Crippen LogP contribution in [0, 0.1) is 13.8 Å². The number of hydrogen-bond donors (Lipinski definition) is 0. The monoisotopic (exact) mass is 251 g/mol. The largest absolute Gasteiger partial charge is 0.377 e. The topological polar surface area (TPSA) is 3.24 Å². The van der Waals surface area contributed by atoms with Crippen LogP contribution in [0.4, 0.5) is 5.69 Å². The Labute approximate surface area is 116 Å². The molecule has 0 aliphatic heterocycles. The highest BCUT2D eigenvalue weighted by Gasteiger charge is 2.12. The van der Waals surface area contributed by atoms with Crippen molar-refractivity contribution in [3.8, 4) is 11.1 Å². The third-order valence-corrected chi connectivity index (χ3v) is 3.53. The summed E-state index contributed by atoms with van der Waals surface area (Å²) in [5, 5.41) is 0. The van der Waals surface area contributed by atoms with Gasteiger partial charge in [-0.05, 0) is 36.6 Å². The number of benzene rings is 2. The maximum absolute atomic E-state index is 3.90. The maximum atomic E-state index is 3.90. The van der Waals surface area contributed by atoms with E-state index in [9.17, 15) is 0 Å². The lowest BCUT2D eigenvalue weighted by Crippen LogP contribution is -2.11. The van der Waals surface area contributed by atoms with Gasteiger partial charge in [0.2, 0.25) is 0 Å². The van der Waals surface area contributed by atoms with Gasteiger partial charge in [-0.15, -0.1) is 0 Å². The minimum absolute atomic E-state index is 1.20. The molecule has 0 atom stereocenters. The summed E-state index contributed by atoms with van der Waals surface area (Å²) in [5.41, 5.74) is 7.56. The molecule has 2 aromatic carbocycles. The first kappa shape index (κ1) is 13.4. The van der Waals surface area contributed by atoms with Crippen molar-refractivity contribution < 1.29 is 0 Å². The van der Waals surface area contributed by atoms with Crippen molar-refractivity contribution in [2.45, 2.75) is 13.8 Å². The van der Waals surface area contributed by atoms with E-state index in [1.54, 1.807) is 0 Å². The first-order valence-electron chi connectivity index (χ1n) is 6.55. The summed E-state index contributed by atoms with van der Waals surface area (Å²) >= 11 is 0. The van der Waals surface area contributed by atoms with E-state index in [2.05, 4.69) is 75.8 Å². The van der Waals surface area contributed by atoms with Gasteiger partial charge < -0.3 is 4.90 Å². The molecule has 0 fully saturated rings. The van der Waals surface area contributed by atoms with E-state index in [1.807, 2.05) is 6.08 Å². The summed E-state index contributed by atoms with van der Waals surface area (Å²) in [6.45, 7) is 8.18. The lowest BCUT2D eigenvalue weighted by atomic mass is 9.93. The fourth-order valence-electron chi connectivity index (χ4n) is 2.39. The van der Waals surface area contributed by atoms with Gasteiger partial charge in [-0.1, -0.05) is 48.6 Å². The average molecular weight is 251 g/mol. The molecule has 0 heterocycles. The molecule has 0 N–H and O–H groups in total. The summed E-state index contributed by atoms with van der Waals surface area (Å²) in [7, 11) is 4.17. The predicted octanol–water partition coefficient (Wildman–Crippen LogP) is 4.68. The van der Waals surface area contributed by atoms with Crippen molar-refractivity contribution in [3.63, 3.8) is 0 Å². The summed E-state index contributed by atoms with van der Waals surface area (Å²) in [5.74, 6) is 0. The third-order valence-electron chi connectivity index (χ3n) is 3.53. The van der Waals surface area contributed by atoms with Crippen molar-refractivity contribution >= 4 is 11.8 Å².